The van der Waals surface area contributed by atoms with E-state index in [1.54, 1.807) is 0 Å². The highest BCUT2D eigenvalue weighted by molar-refractivity contribution is 6.18. The van der Waals surface area contributed by atoms with Gasteiger partial charge in [-0.25, -0.2) is 4.98 Å². The summed E-state index contributed by atoms with van der Waals surface area (Å²) in [4.78, 5) is 11.2. The van der Waals surface area contributed by atoms with Gasteiger partial charge in [-0.2, -0.15) is 0 Å². The molecule has 4 heteroatoms. The molecule has 1 aromatic rings. The smallest absolute Gasteiger partial charge is 0.147 e. The first-order valence-electron chi connectivity index (χ1n) is 5.82. The van der Waals surface area contributed by atoms with Gasteiger partial charge in [0.1, 0.15) is 5.82 Å². The van der Waals surface area contributed by atoms with Crippen LogP contribution in [-0.2, 0) is 0 Å². The summed E-state index contributed by atoms with van der Waals surface area (Å²) in [5, 5.41) is 0. The molecule has 1 aliphatic rings. The average molecular weight is 240 g/mol. The van der Waals surface area contributed by atoms with Gasteiger partial charge < -0.3 is 4.90 Å². The Morgan fingerprint density at radius 1 is 1.31 bits per heavy atom. The van der Waals surface area contributed by atoms with E-state index >= 15 is 0 Å². The fourth-order valence-electron chi connectivity index (χ4n) is 2.00. The maximum Gasteiger partial charge on any atom is 0.147 e. The van der Waals surface area contributed by atoms with Gasteiger partial charge in [0.2, 0.25) is 0 Å². The molecule has 0 saturated carbocycles. The van der Waals surface area contributed by atoms with E-state index in [4.69, 9.17) is 11.6 Å². The van der Waals surface area contributed by atoms with E-state index in [0.717, 1.165) is 49.0 Å². The van der Waals surface area contributed by atoms with Crippen LogP contribution in [0.5, 0.6) is 0 Å². The van der Waals surface area contributed by atoms with Gasteiger partial charge in [-0.1, -0.05) is 0 Å². The summed E-state index contributed by atoms with van der Waals surface area (Å²) in [5.41, 5.74) is 2.04. The zero-order valence-electron chi connectivity index (χ0n) is 9.91. The van der Waals surface area contributed by atoms with Crippen LogP contribution < -0.4 is 4.90 Å². The molecular weight excluding hydrogens is 222 g/mol. The van der Waals surface area contributed by atoms with Crippen LogP contribution in [0.4, 0.5) is 5.82 Å². The van der Waals surface area contributed by atoms with Gasteiger partial charge in [-0.05, 0) is 32.6 Å². The standard InChI is InChI=1S/C12H18ClN3/c1-9-10(2)15-12(8-14-9)16-5-3-11(7-13)4-6-16/h8,11H,3-7H2,1-2H3. The lowest BCUT2D eigenvalue weighted by molar-refractivity contribution is 0.440. The van der Waals surface area contributed by atoms with Crippen molar-refractivity contribution in [3.8, 4) is 0 Å². The van der Waals surface area contributed by atoms with Crippen LogP contribution in [0.3, 0.4) is 0 Å². The molecule has 0 bridgehead atoms. The van der Waals surface area contributed by atoms with Crippen molar-refractivity contribution in [3.63, 3.8) is 0 Å². The third kappa shape index (κ3) is 2.46. The summed E-state index contributed by atoms with van der Waals surface area (Å²) in [6, 6.07) is 0. The Morgan fingerprint density at radius 2 is 2.00 bits per heavy atom. The van der Waals surface area contributed by atoms with Gasteiger partial charge in [0.25, 0.3) is 0 Å². The fraction of sp³-hybridized carbons (Fsp3) is 0.667. The lowest BCUT2D eigenvalue weighted by atomic mass is 9.99. The third-order valence-electron chi connectivity index (χ3n) is 3.34. The first-order chi connectivity index (χ1) is 7.70. The highest BCUT2D eigenvalue weighted by Crippen LogP contribution is 2.22. The second-order valence-electron chi connectivity index (χ2n) is 4.48. The van der Waals surface area contributed by atoms with Gasteiger partial charge in [-0.15, -0.1) is 11.6 Å². The van der Waals surface area contributed by atoms with Crippen LogP contribution in [0.1, 0.15) is 24.2 Å². The predicted molar refractivity (Wildman–Crippen MR) is 67.2 cm³/mol. The topological polar surface area (TPSA) is 29.0 Å². The van der Waals surface area contributed by atoms with Gasteiger partial charge in [-0.3, -0.25) is 4.98 Å². The molecule has 1 aromatic heterocycles. The second-order valence-corrected chi connectivity index (χ2v) is 4.79. The summed E-state index contributed by atoms with van der Waals surface area (Å²) in [6.07, 6.45) is 4.21. The van der Waals surface area contributed by atoms with Crippen LogP contribution in [0.25, 0.3) is 0 Å². The van der Waals surface area contributed by atoms with E-state index in [0.29, 0.717) is 5.92 Å². The molecule has 0 amide bonds. The minimum absolute atomic E-state index is 0.678. The number of hydrogen-bond acceptors (Lipinski definition) is 3. The van der Waals surface area contributed by atoms with Gasteiger partial charge in [0, 0.05) is 19.0 Å². The third-order valence-corrected chi connectivity index (χ3v) is 3.77. The van der Waals surface area contributed by atoms with Gasteiger partial charge in [0.15, 0.2) is 0 Å². The van der Waals surface area contributed by atoms with Crippen molar-refractivity contribution in [2.45, 2.75) is 26.7 Å². The zero-order chi connectivity index (χ0) is 11.5. The molecule has 88 valence electrons. The monoisotopic (exact) mass is 239 g/mol. The van der Waals surface area contributed by atoms with E-state index in [9.17, 15) is 0 Å². The number of anilines is 1. The molecule has 0 unspecified atom stereocenters. The Kier molecular flexibility index (Phi) is 3.64. The van der Waals surface area contributed by atoms with E-state index in [-0.39, 0.29) is 0 Å². The van der Waals surface area contributed by atoms with E-state index in [1.807, 2.05) is 20.0 Å². The molecule has 0 aromatic carbocycles. The van der Waals surface area contributed by atoms with Crippen LogP contribution >= 0.6 is 11.6 Å². The summed E-state index contributed by atoms with van der Waals surface area (Å²) in [7, 11) is 0. The van der Waals surface area contributed by atoms with Crippen molar-refractivity contribution in [2.24, 2.45) is 5.92 Å². The van der Waals surface area contributed by atoms with E-state index in [2.05, 4.69) is 14.9 Å². The molecule has 0 spiro atoms. The number of hydrogen-bond donors (Lipinski definition) is 0. The maximum absolute atomic E-state index is 5.87. The second kappa shape index (κ2) is 5.00. The minimum atomic E-state index is 0.678. The van der Waals surface area contributed by atoms with Crippen LogP contribution in [-0.4, -0.2) is 28.9 Å². The lowest BCUT2D eigenvalue weighted by Gasteiger charge is -2.31. The number of aromatic nitrogens is 2. The Labute approximate surface area is 102 Å². The molecule has 0 N–H and O–H groups in total. The molecular formula is C12H18ClN3. The van der Waals surface area contributed by atoms with E-state index < -0.39 is 0 Å². The lowest BCUT2D eigenvalue weighted by Crippen LogP contribution is -2.34. The van der Waals surface area contributed by atoms with Crippen molar-refractivity contribution in [1.82, 2.24) is 9.97 Å². The maximum atomic E-state index is 5.87. The fourth-order valence-corrected chi connectivity index (χ4v) is 2.31. The summed E-state index contributed by atoms with van der Waals surface area (Å²) < 4.78 is 0. The molecule has 1 fully saturated rings. The zero-order valence-corrected chi connectivity index (χ0v) is 10.7. The number of rotatable bonds is 2. The van der Waals surface area contributed by atoms with Crippen LogP contribution in [0.15, 0.2) is 6.20 Å². The van der Waals surface area contributed by atoms with Crippen molar-refractivity contribution < 1.29 is 0 Å². The first kappa shape index (κ1) is 11.6. The molecule has 0 aliphatic carbocycles. The highest BCUT2D eigenvalue weighted by atomic mass is 35.5. The molecule has 3 nitrogen and oxygen atoms in total. The van der Waals surface area contributed by atoms with Crippen molar-refractivity contribution in [2.75, 3.05) is 23.9 Å². The summed E-state index contributed by atoms with van der Waals surface area (Å²) >= 11 is 5.87. The van der Waals surface area contributed by atoms with E-state index in [1.165, 1.54) is 0 Å². The number of nitrogens with zero attached hydrogens (tertiary/aromatic N) is 3. The number of halogens is 1. The molecule has 2 heterocycles. The molecule has 16 heavy (non-hydrogen) atoms. The first-order valence-corrected chi connectivity index (χ1v) is 6.35. The molecule has 2 rings (SSSR count). The number of aryl methyl sites for hydroxylation is 2. The SMILES string of the molecule is Cc1ncc(N2CCC(CCl)CC2)nc1C. The number of alkyl halides is 1. The van der Waals surface area contributed by atoms with Gasteiger partial charge >= 0.3 is 0 Å². The Bertz CT molecular complexity index is 359. The van der Waals surface area contributed by atoms with Crippen molar-refractivity contribution in [3.05, 3.63) is 17.6 Å². The quantitative estimate of drug-likeness (QED) is 0.743. The molecule has 1 saturated heterocycles. The Morgan fingerprint density at radius 3 is 2.56 bits per heavy atom. The largest absolute Gasteiger partial charge is 0.355 e. The van der Waals surface area contributed by atoms with Gasteiger partial charge in [0.05, 0.1) is 17.6 Å². The highest BCUT2D eigenvalue weighted by Gasteiger charge is 2.19. The Balaban J connectivity index is 2.05. The molecule has 1 aliphatic heterocycles. The Hall–Kier alpha value is -0.830. The average Bonchev–Trinajstić information content (AvgIpc) is 2.33. The van der Waals surface area contributed by atoms with Crippen molar-refractivity contribution >= 4 is 17.4 Å². The van der Waals surface area contributed by atoms with Crippen LogP contribution in [0, 0.1) is 19.8 Å². The number of piperidine rings is 1. The summed E-state index contributed by atoms with van der Waals surface area (Å²) in [6.45, 7) is 6.10. The normalized spacial score (nSPS) is 17.8. The van der Waals surface area contributed by atoms with Crippen molar-refractivity contribution in [1.29, 1.82) is 0 Å². The summed E-state index contributed by atoms with van der Waals surface area (Å²) in [5.74, 6) is 2.47. The minimum Gasteiger partial charge on any atom is -0.355 e. The van der Waals surface area contributed by atoms with Crippen LogP contribution in [0.2, 0.25) is 0 Å². The predicted octanol–water partition coefficient (Wildman–Crippen LogP) is 2.55. The molecule has 0 atom stereocenters. The molecule has 0 radical (unpaired) electrons.